The summed E-state index contributed by atoms with van der Waals surface area (Å²) in [5.41, 5.74) is 0.744. The summed E-state index contributed by atoms with van der Waals surface area (Å²) in [6, 6.07) is 4.61. The molecule has 10 aliphatic rings. The van der Waals surface area contributed by atoms with Gasteiger partial charge in [-0.2, -0.15) is 0 Å². The molecule has 10 heterocycles. The summed E-state index contributed by atoms with van der Waals surface area (Å²) in [7, 11) is 0. The van der Waals surface area contributed by atoms with Crippen LogP contribution in [0.5, 0.6) is 5.75 Å². The Morgan fingerprint density at radius 3 is 2.15 bits per heavy atom. The number of fused-ring (bicyclic) bond motifs is 10. The van der Waals surface area contributed by atoms with Crippen LogP contribution in [0.3, 0.4) is 0 Å². The van der Waals surface area contributed by atoms with Gasteiger partial charge in [0.1, 0.15) is 0 Å². The van der Waals surface area contributed by atoms with Gasteiger partial charge < -0.3 is 0 Å². The van der Waals surface area contributed by atoms with Crippen molar-refractivity contribution in [1.82, 2.24) is 0 Å². The number of Topliss-reactive ketones (excluding diaryl/α,β-unsaturated/α-hetero) is 1. The number of rotatable bonds is 2. The molecule has 132 valence electrons. The van der Waals surface area contributed by atoms with Gasteiger partial charge in [-0.3, -0.25) is 0 Å². The van der Waals surface area contributed by atoms with Gasteiger partial charge in [-0.15, -0.1) is 0 Å². The van der Waals surface area contributed by atoms with Gasteiger partial charge in [0.25, 0.3) is 0 Å². The van der Waals surface area contributed by atoms with Crippen LogP contribution in [-0.2, 0) is 11.3 Å². The Hall–Kier alpha value is -1.76. The Labute approximate surface area is 140 Å². The number of aromatic hydroxyl groups is 1. The van der Waals surface area contributed by atoms with E-state index >= 15 is 0 Å². The minimum atomic E-state index is -3.25. The van der Waals surface area contributed by atoms with E-state index in [-0.39, 0.29) is 23.0 Å². The summed E-state index contributed by atoms with van der Waals surface area (Å²) in [4.78, 5) is 34.5. The molecule has 4 unspecified atom stereocenters. The van der Waals surface area contributed by atoms with Gasteiger partial charge in [-0.05, 0) is 0 Å². The molecule has 2 N–H and O–H groups in total. The molecule has 1 amide bonds. The first-order valence-corrected chi connectivity index (χ1v) is 15.9. The van der Waals surface area contributed by atoms with E-state index in [9.17, 15) is 14.7 Å². The summed E-state index contributed by atoms with van der Waals surface area (Å²) < 4.78 is 0.402. The number of hydrogen-bond donors (Lipinski definition) is 2. The van der Waals surface area contributed by atoms with Crippen molar-refractivity contribution in [2.24, 2.45) is 0 Å². The van der Waals surface area contributed by atoms with E-state index in [1.54, 1.807) is 12.1 Å². The number of carbonyl (C=O) groups is 2. The van der Waals surface area contributed by atoms with Gasteiger partial charge in [-0.1, -0.05) is 0 Å². The van der Waals surface area contributed by atoms with Crippen LogP contribution in [0.2, 0.25) is 47.7 Å². The number of carbonyl (C=O) groups excluding carboxylic acids is 2. The van der Waals surface area contributed by atoms with Crippen molar-refractivity contribution in [3.63, 3.8) is 0 Å². The average Bonchev–Trinajstić information content (AvgIpc) is 3.53. The monoisotopic (exact) mass is 387 g/mol. The summed E-state index contributed by atoms with van der Waals surface area (Å²) in [5, 5.41) is 12.8. The molecule has 10 aliphatic heterocycles. The Bertz CT molecular complexity index is 1490. The van der Waals surface area contributed by atoms with Crippen LogP contribution in [0.4, 0.5) is 5.69 Å². The SMILES string of the molecule is CC(=O)Nc1ccc(O)c(C(=O)C#C[C]23[CH]4[CH]5[CH]6[CH]2[Fe]56432789[CH]3[CH]2[CH]7[CH]8[CH]39)c1. The van der Waals surface area contributed by atoms with Gasteiger partial charge in [0.2, 0.25) is 0 Å². The first-order valence-electron chi connectivity index (χ1n) is 9.63. The molecule has 5 heteroatoms. The fourth-order valence-electron chi connectivity index (χ4n) is 17.7. The molecule has 10 saturated heterocycles. The van der Waals surface area contributed by atoms with E-state index in [0.717, 1.165) is 9.63 Å². The fraction of sp³-hybridized carbons (Fsp3) is 0.524. The van der Waals surface area contributed by atoms with E-state index in [0.29, 0.717) is 10.0 Å². The van der Waals surface area contributed by atoms with Crippen molar-refractivity contribution in [2.45, 2.75) is 54.6 Å². The molecule has 0 saturated carbocycles. The van der Waals surface area contributed by atoms with Crippen molar-refractivity contribution in [3.8, 4) is 17.6 Å². The Kier molecular flexibility index (Phi) is 0.522. The van der Waals surface area contributed by atoms with Crippen molar-refractivity contribution < 1.29 is 21.2 Å². The first kappa shape index (κ1) is 11.2. The maximum atomic E-state index is 12.8. The summed E-state index contributed by atoms with van der Waals surface area (Å²) in [6.45, 7) is -1.83. The quantitative estimate of drug-likeness (QED) is 0.262. The van der Waals surface area contributed by atoms with Crippen LogP contribution in [-0.4, -0.2) is 16.8 Å². The van der Waals surface area contributed by atoms with Gasteiger partial charge in [0, 0.05) is 0 Å². The third-order valence-electron chi connectivity index (χ3n) is 16.6. The average molecular weight is 387 g/mol. The van der Waals surface area contributed by atoms with Gasteiger partial charge in [0.05, 0.1) is 0 Å². The van der Waals surface area contributed by atoms with E-state index in [1.807, 2.05) is 0 Å². The molecule has 4 nitrogen and oxygen atoms in total. The number of benzene rings is 1. The fourth-order valence-corrected chi connectivity index (χ4v) is 90.7. The topological polar surface area (TPSA) is 66.4 Å². The van der Waals surface area contributed by atoms with Crippen molar-refractivity contribution in [3.05, 3.63) is 23.8 Å². The van der Waals surface area contributed by atoms with E-state index in [1.165, 1.54) is 46.7 Å². The molecule has 0 aliphatic carbocycles. The molecule has 26 heavy (non-hydrogen) atoms. The predicted octanol–water partition coefficient (Wildman–Crippen LogP) is 4.30. The van der Waals surface area contributed by atoms with Crippen LogP contribution in [0.15, 0.2) is 18.2 Å². The van der Waals surface area contributed by atoms with Crippen molar-refractivity contribution in [2.75, 3.05) is 5.32 Å². The second-order valence-corrected chi connectivity index (χ2v) is 36.2. The second kappa shape index (κ2) is 1.22. The van der Waals surface area contributed by atoms with Crippen molar-refractivity contribution >= 4 is 17.4 Å². The van der Waals surface area contributed by atoms with E-state index in [4.69, 9.17) is 0 Å². The number of amides is 1. The van der Waals surface area contributed by atoms with E-state index < -0.39 is 6.51 Å². The zero-order chi connectivity index (χ0) is 17.1. The molecule has 0 radical (unpaired) electrons. The zero-order valence-electron chi connectivity index (χ0n) is 14.0. The van der Waals surface area contributed by atoms with Crippen LogP contribution in [0, 0.1) is 11.8 Å². The van der Waals surface area contributed by atoms with Crippen LogP contribution in [0.1, 0.15) is 17.3 Å². The molecule has 10 fully saturated rings. The third-order valence-corrected chi connectivity index (χ3v) is 58.8. The van der Waals surface area contributed by atoms with Gasteiger partial charge in [0.15, 0.2) is 0 Å². The molecule has 1 spiro atoms. The van der Waals surface area contributed by atoms with Gasteiger partial charge in [-0.25, -0.2) is 0 Å². The van der Waals surface area contributed by atoms with Gasteiger partial charge >= 0.3 is 140 Å². The summed E-state index contributed by atoms with van der Waals surface area (Å²) in [5.74, 6) is 6.14. The zero-order valence-corrected chi connectivity index (χ0v) is 15.1. The number of anilines is 1. The maximum absolute atomic E-state index is 12.8. The number of phenols is 1. The Balaban J connectivity index is 1.09. The molecule has 4 atom stereocenters. The Morgan fingerprint density at radius 1 is 1.08 bits per heavy atom. The second-order valence-electron chi connectivity index (χ2n) is 12.7. The summed E-state index contributed by atoms with van der Waals surface area (Å²) in [6.07, 6.45) is 0. The molecule has 0 bridgehead atoms. The van der Waals surface area contributed by atoms with Crippen LogP contribution < -0.4 is 5.32 Å². The molecular formula is C21H17FeNO3. The number of phenolic OH excluding ortho intramolecular Hbond substituents is 1. The van der Waals surface area contributed by atoms with Crippen LogP contribution in [0.25, 0.3) is 0 Å². The normalized spacial score (nSPS) is 80.9. The van der Waals surface area contributed by atoms with E-state index in [2.05, 4.69) is 17.2 Å². The molecule has 1 aromatic rings. The molecule has 1 aromatic carbocycles. The van der Waals surface area contributed by atoms with Crippen molar-refractivity contribution in [1.29, 1.82) is 0 Å². The first-order chi connectivity index (χ1) is 12.2. The number of ketones is 1. The number of nitrogens with one attached hydrogen (secondary N) is 1. The predicted molar refractivity (Wildman–Crippen MR) is 91.0 cm³/mol. The molecule has 0 aromatic heterocycles. The molecule has 11 rings (SSSR count). The third kappa shape index (κ3) is 0.177. The molecular weight excluding hydrogens is 370 g/mol. The number of hydrogen-bond acceptors (Lipinski definition) is 3. The van der Waals surface area contributed by atoms with Crippen LogP contribution >= 0.6 is 0 Å². The standard InChI is InChI=1S/C16H12NO3.C5H5.Fe/c1-11(18)17-13-7-9-16(20)14(10-13)15(19)8-6-12-4-2-3-5-12;1-2-4-5-3-1;/h2-5,7,9-10,20H,1H3,(H,17,18);1-5H;. The Morgan fingerprint density at radius 2 is 1.69 bits per heavy atom. The summed E-state index contributed by atoms with van der Waals surface area (Å²) >= 11 is 0. The minimum absolute atomic E-state index is 0.0523.